The minimum absolute atomic E-state index is 0.193. The zero-order valence-electron chi connectivity index (χ0n) is 26.7. The first-order chi connectivity index (χ1) is 21.3. The Morgan fingerprint density at radius 2 is 1.66 bits per heavy atom. The molecule has 5 rings (SSSR count). The van der Waals surface area contributed by atoms with E-state index in [-0.39, 0.29) is 17.7 Å². The summed E-state index contributed by atoms with van der Waals surface area (Å²) in [5.41, 5.74) is 15.2. The summed E-state index contributed by atoms with van der Waals surface area (Å²) in [7, 11) is 0. The zero-order valence-corrected chi connectivity index (χ0v) is 26.7. The van der Waals surface area contributed by atoms with Gasteiger partial charge in [-0.2, -0.15) is 0 Å². The number of benzene rings is 3. The van der Waals surface area contributed by atoms with Gasteiger partial charge in [-0.05, 0) is 104 Å². The smallest absolute Gasteiger partial charge is 0.221 e. The largest absolute Gasteiger partial charge is 0.494 e. The molecule has 3 N–H and O–H groups in total. The summed E-state index contributed by atoms with van der Waals surface area (Å²) >= 11 is 0. The molecule has 4 aromatic rings. The number of nitrogens with one attached hydrogen (secondary N) is 1. The summed E-state index contributed by atoms with van der Waals surface area (Å²) in [6.07, 6.45) is 10.0. The highest BCUT2D eigenvalue weighted by molar-refractivity contribution is 5.76. The van der Waals surface area contributed by atoms with Crippen molar-refractivity contribution in [3.05, 3.63) is 136 Å². The first-order valence-corrected chi connectivity index (χ1v) is 16.3. The van der Waals surface area contributed by atoms with Crippen molar-refractivity contribution >= 4 is 5.91 Å². The molecule has 0 radical (unpaired) electrons. The SMILES string of the molecule is CC1=C(C(Cc2cc[nH]c2CCCOc2cccc(CC(N)=O)c2)CC(c2ccccc2)c2ccccc2)C(C)(C)CCC1. The van der Waals surface area contributed by atoms with Gasteiger partial charge in [-0.3, -0.25) is 4.79 Å². The van der Waals surface area contributed by atoms with Gasteiger partial charge in [-0.15, -0.1) is 0 Å². The van der Waals surface area contributed by atoms with Gasteiger partial charge in [0, 0.05) is 17.8 Å². The Kier molecular flexibility index (Phi) is 10.4. The van der Waals surface area contributed by atoms with Crippen molar-refractivity contribution in [2.45, 2.75) is 78.1 Å². The molecule has 1 unspecified atom stereocenters. The van der Waals surface area contributed by atoms with E-state index in [0.29, 0.717) is 18.4 Å². The number of hydrogen-bond donors (Lipinski definition) is 2. The van der Waals surface area contributed by atoms with Gasteiger partial charge in [0.2, 0.25) is 5.91 Å². The van der Waals surface area contributed by atoms with E-state index in [1.165, 1.54) is 41.6 Å². The van der Waals surface area contributed by atoms with Gasteiger partial charge in [-0.25, -0.2) is 0 Å². The van der Waals surface area contributed by atoms with Gasteiger partial charge in [-0.1, -0.05) is 97.8 Å². The first kappa shape index (κ1) is 31.4. The number of ether oxygens (including phenoxy) is 1. The van der Waals surface area contributed by atoms with Crippen molar-refractivity contribution < 1.29 is 9.53 Å². The first-order valence-electron chi connectivity index (χ1n) is 16.3. The summed E-state index contributed by atoms with van der Waals surface area (Å²) in [6.45, 7) is 7.93. The minimum Gasteiger partial charge on any atom is -0.494 e. The number of aromatic nitrogens is 1. The van der Waals surface area contributed by atoms with Gasteiger partial charge in [0.15, 0.2) is 0 Å². The molecule has 0 bridgehead atoms. The van der Waals surface area contributed by atoms with Gasteiger partial charge in [0.1, 0.15) is 5.75 Å². The fourth-order valence-electron chi connectivity index (χ4n) is 7.48. The molecule has 0 saturated heterocycles. The fraction of sp³-hybridized carbons (Fsp3) is 0.375. The molecule has 0 saturated carbocycles. The number of aryl methyl sites for hydroxylation is 1. The fourth-order valence-corrected chi connectivity index (χ4v) is 7.48. The summed E-state index contributed by atoms with van der Waals surface area (Å²) in [5, 5.41) is 0. The van der Waals surface area contributed by atoms with Crippen LogP contribution in [0.2, 0.25) is 0 Å². The lowest BCUT2D eigenvalue weighted by molar-refractivity contribution is -0.117. The second kappa shape index (κ2) is 14.6. The van der Waals surface area contributed by atoms with E-state index < -0.39 is 0 Å². The highest BCUT2D eigenvalue weighted by Gasteiger charge is 2.35. The number of H-pyrrole nitrogens is 1. The molecule has 1 aromatic heterocycles. The lowest BCUT2D eigenvalue weighted by Crippen LogP contribution is -2.28. The Hall–Kier alpha value is -4.05. The molecule has 1 aliphatic rings. The molecule has 0 fully saturated rings. The molecule has 1 heterocycles. The van der Waals surface area contributed by atoms with E-state index in [9.17, 15) is 4.79 Å². The van der Waals surface area contributed by atoms with Gasteiger partial charge in [0.25, 0.3) is 0 Å². The summed E-state index contributed by atoms with van der Waals surface area (Å²) in [5.74, 6) is 1.22. The van der Waals surface area contributed by atoms with E-state index in [1.54, 1.807) is 11.1 Å². The Morgan fingerprint density at radius 1 is 0.955 bits per heavy atom. The van der Waals surface area contributed by atoms with Crippen molar-refractivity contribution in [2.24, 2.45) is 17.1 Å². The predicted octanol–water partition coefficient (Wildman–Crippen LogP) is 8.96. The Balaban J connectivity index is 1.35. The number of aromatic amines is 1. The Labute approximate surface area is 263 Å². The molecular formula is C40H48N2O2. The van der Waals surface area contributed by atoms with Crippen molar-refractivity contribution in [1.29, 1.82) is 0 Å². The molecular weight excluding hydrogens is 540 g/mol. The number of allylic oxidation sites excluding steroid dienone is 2. The highest BCUT2D eigenvalue weighted by atomic mass is 16.5. The van der Waals surface area contributed by atoms with E-state index >= 15 is 0 Å². The molecule has 0 aliphatic heterocycles. The van der Waals surface area contributed by atoms with Crippen LogP contribution in [0.5, 0.6) is 5.75 Å². The van der Waals surface area contributed by atoms with Crippen LogP contribution in [-0.2, 0) is 24.1 Å². The van der Waals surface area contributed by atoms with Crippen molar-refractivity contribution in [3.63, 3.8) is 0 Å². The second-order valence-corrected chi connectivity index (χ2v) is 13.2. The highest BCUT2D eigenvalue weighted by Crippen LogP contribution is 2.48. The summed E-state index contributed by atoms with van der Waals surface area (Å²) in [4.78, 5) is 14.9. The number of primary amides is 1. The second-order valence-electron chi connectivity index (χ2n) is 13.2. The topological polar surface area (TPSA) is 68.1 Å². The van der Waals surface area contributed by atoms with E-state index in [4.69, 9.17) is 10.5 Å². The zero-order chi connectivity index (χ0) is 30.9. The van der Waals surface area contributed by atoms with Crippen LogP contribution in [0.25, 0.3) is 0 Å². The number of amides is 1. The number of rotatable bonds is 14. The van der Waals surface area contributed by atoms with Crippen molar-refractivity contribution in [2.75, 3.05) is 6.61 Å². The molecule has 1 amide bonds. The molecule has 4 heteroatoms. The predicted molar refractivity (Wildman–Crippen MR) is 181 cm³/mol. The van der Waals surface area contributed by atoms with E-state index in [2.05, 4.69) is 98.7 Å². The monoisotopic (exact) mass is 588 g/mol. The third-order valence-corrected chi connectivity index (χ3v) is 9.39. The van der Waals surface area contributed by atoms with Crippen LogP contribution in [0.4, 0.5) is 0 Å². The molecule has 4 nitrogen and oxygen atoms in total. The average Bonchev–Trinajstić information content (AvgIpc) is 3.45. The molecule has 1 atom stereocenters. The van der Waals surface area contributed by atoms with Crippen LogP contribution >= 0.6 is 0 Å². The number of carbonyl (C=O) groups excluding carboxylic acids is 1. The maximum atomic E-state index is 11.3. The minimum atomic E-state index is -0.332. The quantitative estimate of drug-likeness (QED) is 0.114. The maximum absolute atomic E-state index is 11.3. The molecule has 44 heavy (non-hydrogen) atoms. The number of carbonyl (C=O) groups is 1. The van der Waals surface area contributed by atoms with Crippen LogP contribution in [0, 0.1) is 11.3 Å². The number of hydrogen-bond acceptors (Lipinski definition) is 2. The summed E-state index contributed by atoms with van der Waals surface area (Å²) < 4.78 is 6.06. The van der Waals surface area contributed by atoms with Crippen molar-refractivity contribution in [3.8, 4) is 5.75 Å². The van der Waals surface area contributed by atoms with Crippen LogP contribution < -0.4 is 10.5 Å². The normalized spacial score (nSPS) is 15.4. The van der Waals surface area contributed by atoms with Gasteiger partial charge >= 0.3 is 0 Å². The van der Waals surface area contributed by atoms with Gasteiger partial charge < -0.3 is 15.5 Å². The average molecular weight is 589 g/mol. The van der Waals surface area contributed by atoms with E-state index in [1.807, 2.05) is 24.3 Å². The lowest BCUT2D eigenvalue weighted by Gasteiger charge is -2.40. The van der Waals surface area contributed by atoms with Crippen LogP contribution in [0.15, 0.2) is 108 Å². The molecule has 1 aliphatic carbocycles. The maximum Gasteiger partial charge on any atom is 0.221 e. The van der Waals surface area contributed by atoms with Crippen LogP contribution in [-0.4, -0.2) is 17.5 Å². The third-order valence-electron chi connectivity index (χ3n) is 9.39. The Morgan fingerprint density at radius 3 is 2.32 bits per heavy atom. The summed E-state index contributed by atoms with van der Waals surface area (Å²) in [6, 6.07) is 32.1. The molecule has 0 spiro atoms. The van der Waals surface area contributed by atoms with Crippen LogP contribution in [0.3, 0.4) is 0 Å². The lowest BCUT2D eigenvalue weighted by atomic mass is 9.64. The Bertz CT molecular complexity index is 1490. The van der Waals surface area contributed by atoms with Crippen LogP contribution in [0.1, 0.15) is 86.7 Å². The number of nitrogens with two attached hydrogens (primary N) is 1. The van der Waals surface area contributed by atoms with E-state index in [0.717, 1.165) is 37.0 Å². The standard InChI is InChI=1S/C40H48N2O2/c1-29-13-11-22-40(2,3)39(29)34(28-36(31-15-6-4-7-16-31)32-17-8-5-9-18-32)27-33-21-23-42-37(33)20-12-24-44-35-19-10-14-30(25-35)26-38(41)43/h4-10,14-19,21,23,25,34,36,42H,11-13,20,22,24,26-28H2,1-3H3,(H2,41,43). The van der Waals surface area contributed by atoms with Crippen molar-refractivity contribution in [1.82, 2.24) is 4.98 Å². The molecule has 3 aromatic carbocycles. The van der Waals surface area contributed by atoms with Gasteiger partial charge in [0.05, 0.1) is 13.0 Å². The molecule has 230 valence electrons. The third kappa shape index (κ3) is 8.11.